The van der Waals surface area contributed by atoms with E-state index in [0.29, 0.717) is 5.82 Å². The van der Waals surface area contributed by atoms with Crippen LogP contribution in [0, 0.1) is 13.8 Å². The van der Waals surface area contributed by atoms with E-state index in [4.69, 9.17) is 0 Å². The molecular weight excluding hydrogens is 354 g/mol. The van der Waals surface area contributed by atoms with Gasteiger partial charge < -0.3 is 5.32 Å². The molecule has 5 nitrogen and oxygen atoms in total. The van der Waals surface area contributed by atoms with E-state index in [0.717, 1.165) is 21.3 Å². The molecule has 0 spiro atoms. The molecule has 1 aliphatic rings. The van der Waals surface area contributed by atoms with Gasteiger partial charge in [0.05, 0.1) is 16.5 Å². The maximum Gasteiger partial charge on any atom is 0.173 e. The number of pyridine rings is 1. The zero-order valence-corrected chi connectivity index (χ0v) is 15.5. The molecule has 3 aromatic rings. The van der Waals surface area contributed by atoms with Crippen molar-refractivity contribution in [1.82, 2.24) is 9.36 Å². The molecule has 1 unspecified atom stereocenters. The number of rotatable bonds is 3. The molecule has 4 rings (SSSR count). The van der Waals surface area contributed by atoms with Crippen LogP contribution in [0.15, 0.2) is 41.9 Å². The summed E-state index contributed by atoms with van der Waals surface area (Å²) >= 11 is 1.36. The van der Waals surface area contributed by atoms with Crippen LogP contribution in [0.5, 0.6) is 0 Å². The van der Waals surface area contributed by atoms with E-state index in [2.05, 4.69) is 52.8 Å². The molecule has 0 saturated carbocycles. The van der Waals surface area contributed by atoms with E-state index in [1.165, 1.54) is 28.1 Å². The maximum absolute atomic E-state index is 11.5. The van der Waals surface area contributed by atoms with Crippen LogP contribution in [0.2, 0.25) is 0 Å². The normalized spacial score (nSPS) is 18.7. The minimum absolute atomic E-state index is 0.0622. The fraction of sp³-hybridized carbons (Fsp3) is 0.222. The smallest absolute Gasteiger partial charge is 0.173 e. The maximum atomic E-state index is 11.5. The molecule has 1 atom stereocenters. The summed E-state index contributed by atoms with van der Waals surface area (Å²) < 4.78 is 28.4. The minimum Gasteiger partial charge on any atom is -0.360 e. The summed E-state index contributed by atoms with van der Waals surface area (Å²) in [5, 5.41) is 4.42. The first kappa shape index (κ1) is 16.2. The molecule has 128 valence electrons. The Bertz CT molecular complexity index is 1100. The summed E-state index contributed by atoms with van der Waals surface area (Å²) in [6, 6.07) is 8.20. The number of hydrogen-bond acceptors (Lipinski definition) is 6. The van der Waals surface area contributed by atoms with E-state index < -0.39 is 9.84 Å². The van der Waals surface area contributed by atoms with Crippen LogP contribution in [-0.4, -0.2) is 29.6 Å². The lowest BCUT2D eigenvalue weighted by atomic mass is 10.0. The average molecular weight is 371 g/mol. The van der Waals surface area contributed by atoms with Crippen LogP contribution in [-0.2, 0) is 9.84 Å². The van der Waals surface area contributed by atoms with Crippen molar-refractivity contribution in [3.8, 4) is 11.1 Å². The molecule has 1 aromatic carbocycles. The van der Waals surface area contributed by atoms with Crippen LogP contribution < -0.4 is 5.32 Å². The van der Waals surface area contributed by atoms with Crippen molar-refractivity contribution in [3.63, 3.8) is 0 Å². The SMILES string of the molecule is Cc1ccc(-c2cnc3c(NC4C=CS(=O)(=O)C4)nsc3c2)cc1C. The lowest BCUT2D eigenvalue weighted by Gasteiger charge is -2.09. The van der Waals surface area contributed by atoms with Crippen LogP contribution in [0.3, 0.4) is 0 Å². The highest BCUT2D eigenvalue weighted by atomic mass is 32.2. The molecule has 0 amide bonds. The van der Waals surface area contributed by atoms with Crippen molar-refractivity contribution in [3.05, 3.63) is 53.1 Å². The van der Waals surface area contributed by atoms with Crippen molar-refractivity contribution >= 4 is 37.4 Å². The van der Waals surface area contributed by atoms with Gasteiger partial charge in [0, 0.05) is 17.2 Å². The predicted molar refractivity (Wildman–Crippen MR) is 103 cm³/mol. The number of sulfone groups is 1. The average Bonchev–Trinajstić information content (AvgIpc) is 3.13. The first-order chi connectivity index (χ1) is 11.9. The fourth-order valence-corrected chi connectivity index (χ4v) is 4.82. The van der Waals surface area contributed by atoms with Crippen LogP contribution in [0.1, 0.15) is 11.1 Å². The Balaban J connectivity index is 1.65. The Labute approximate surface area is 150 Å². The molecular formula is C18H17N3O2S2. The Morgan fingerprint density at radius 2 is 2.00 bits per heavy atom. The second kappa shape index (κ2) is 5.93. The third kappa shape index (κ3) is 3.17. The number of anilines is 1. The van der Waals surface area contributed by atoms with Gasteiger partial charge in [-0.2, -0.15) is 4.37 Å². The molecule has 1 aliphatic heterocycles. The van der Waals surface area contributed by atoms with E-state index in [9.17, 15) is 8.42 Å². The van der Waals surface area contributed by atoms with Gasteiger partial charge in [-0.25, -0.2) is 8.42 Å². The summed E-state index contributed by atoms with van der Waals surface area (Å²) in [6.45, 7) is 4.20. The molecule has 0 bridgehead atoms. The third-order valence-electron chi connectivity index (χ3n) is 4.40. The van der Waals surface area contributed by atoms with Crippen molar-refractivity contribution in [2.75, 3.05) is 11.1 Å². The number of fused-ring (bicyclic) bond motifs is 1. The molecule has 0 saturated heterocycles. The zero-order valence-electron chi connectivity index (χ0n) is 13.9. The number of benzene rings is 1. The lowest BCUT2D eigenvalue weighted by molar-refractivity contribution is 0.605. The van der Waals surface area contributed by atoms with Gasteiger partial charge in [0.15, 0.2) is 15.7 Å². The standard InChI is InChI=1S/C18H17N3O2S2/c1-11-3-4-13(7-12(11)2)14-8-16-17(19-9-14)18(21-24-16)20-15-5-6-25(22,23)10-15/h3-9,15H,10H2,1-2H3,(H,20,21). The summed E-state index contributed by atoms with van der Waals surface area (Å²) in [4.78, 5) is 4.56. The first-order valence-corrected chi connectivity index (χ1v) is 10.4. The number of aromatic nitrogens is 2. The van der Waals surface area contributed by atoms with E-state index >= 15 is 0 Å². The largest absolute Gasteiger partial charge is 0.360 e. The van der Waals surface area contributed by atoms with E-state index in [1.807, 2.05) is 6.20 Å². The highest BCUT2D eigenvalue weighted by molar-refractivity contribution is 7.94. The summed E-state index contributed by atoms with van der Waals surface area (Å²) in [6.07, 6.45) is 3.50. The quantitative estimate of drug-likeness (QED) is 0.760. The first-order valence-electron chi connectivity index (χ1n) is 7.92. The zero-order chi connectivity index (χ0) is 17.6. The van der Waals surface area contributed by atoms with Gasteiger partial charge in [-0.15, -0.1) is 0 Å². The number of hydrogen-bond donors (Lipinski definition) is 1. The van der Waals surface area contributed by atoms with Crippen molar-refractivity contribution in [2.24, 2.45) is 0 Å². The highest BCUT2D eigenvalue weighted by Gasteiger charge is 2.23. The van der Waals surface area contributed by atoms with E-state index in [1.54, 1.807) is 6.08 Å². The highest BCUT2D eigenvalue weighted by Crippen LogP contribution is 2.30. The van der Waals surface area contributed by atoms with Gasteiger partial charge in [-0.3, -0.25) is 4.98 Å². The van der Waals surface area contributed by atoms with Gasteiger partial charge in [0.1, 0.15) is 5.52 Å². The molecule has 2 aromatic heterocycles. The Kier molecular flexibility index (Phi) is 3.85. The molecule has 0 fully saturated rings. The lowest BCUT2D eigenvalue weighted by Crippen LogP contribution is -2.21. The second-order valence-corrected chi connectivity index (χ2v) is 9.05. The number of nitrogens with zero attached hydrogens (tertiary/aromatic N) is 2. The number of nitrogens with one attached hydrogen (secondary N) is 1. The second-order valence-electron chi connectivity index (χ2n) is 6.31. The molecule has 0 radical (unpaired) electrons. The van der Waals surface area contributed by atoms with Gasteiger partial charge in [0.25, 0.3) is 0 Å². The van der Waals surface area contributed by atoms with Crippen LogP contribution in [0.25, 0.3) is 21.3 Å². The van der Waals surface area contributed by atoms with Crippen molar-refractivity contribution in [2.45, 2.75) is 19.9 Å². The number of aryl methyl sites for hydroxylation is 2. The topological polar surface area (TPSA) is 72.0 Å². The van der Waals surface area contributed by atoms with Crippen LogP contribution >= 0.6 is 11.5 Å². The van der Waals surface area contributed by atoms with Gasteiger partial charge in [-0.1, -0.05) is 18.2 Å². The van der Waals surface area contributed by atoms with Gasteiger partial charge >= 0.3 is 0 Å². The Hall–Kier alpha value is -2.25. The van der Waals surface area contributed by atoms with Crippen molar-refractivity contribution in [1.29, 1.82) is 0 Å². The van der Waals surface area contributed by atoms with Crippen LogP contribution in [0.4, 0.5) is 5.82 Å². The fourth-order valence-electron chi connectivity index (χ4n) is 2.84. The Morgan fingerprint density at radius 3 is 2.72 bits per heavy atom. The monoisotopic (exact) mass is 371 g/mol. The minimum atomic E-state index is -3.09. The molecule has 25 heavy (non-hydrogen) atoms. The summed E-state index contributed by atoms with van der Waals surface area (Å²) in [5.41, 5.74) is 5.47. The van der Waals surface area contributed by atoms with Gasteiger partial charge in [-0.05, 0) is 54.2 Å². The molecule has 0 aliphatic carbocycles. The third-order valence-corrected chi connectivity index (χ3v) is 6.58. The van der Waals surface area contributed by atoms with Gasteiger partial charge in [0.2, 0.25) is 0 Å². The van der Waals surface area contributed by atoms with Crippen molar-refractivity contribution < 1.29 is 8.42 Å². The molecule has 1 N–H and O–H groups in total. The summed E-state index contributed by atoms with van der Waals surface area (Å²) in [7, 11) is -3.09. The molecule has 7 heteroatoms. The summed E-state index contributed by atoms with van der Waals surface area (Å²) in [5.74, 6) is 0.700. The predicted octanol–water partition coefficient (Wildman–Crippen LogP) is 3.70. The van der Waals surface area contributed by atoms with E-state index in [-0.39, 0.29) is 11.8 Å². The molecule has 3 heterocycles. The Morgan fingerprint density at radius 1 is 1.16 bits per heavy atom.